The largest absolute Gasteiger partial charge is 0.208 e. The first-order chi connectivity index (χ1) is 23.1. The van der Waals surface area contributed by atoms with Gasteiger partial charge in [-0.15, -0.1) is 0 Å². The van der Waals surface area contributed by atoms with E-state index in [9.17, 15) is 0 Å². The van der Waals surface area contributed by atoms with E-state index in [-0.39, 0.29) is 5.41 Å². The zero-order valence-corrected chi connectivity index (χ0v) is 27.1. The van der Waals surface area contributed by atoms with Crippen LogP contribution in [0.3, 0.4) is 0 Å². The summed E-state index contributed by atoms with van der Waals surface area (Å²) in [7, 11) is 0. The van der Waals surface area contributed by atoms with Gasteiger partial charge in [-0.05, 0) is 88.8 Å². The van der Waals surface area contributed by atoms with Crippen molar-refractivity contribution in [3.05, 3.63) is 139 Å². The van der Waals surface area contributed by atoms with Gasteiger partial charge in [0.25, 0.3) is 0 Å². The van der Waals surface area contributed by atoms with Crippen molar-refractivity contribution in [2.45, 2.75) is 44.9 Å². The predicted octanol–water partition coefficient (Wildman–Crippen LogP) is 10.9. The second-order valence-corrected chi connectivity index (χ2v) is 14.3. The van der Waals surface area contributed by atoms with Crippen LogP contribution in [0, 0.1) is 23.7 Å². The highest BCUT2D eigenvalue weighted by Gasteiger charge is 2.56. The maximum absolute atomic E-state index is 4.94. The Morgan fingerprint density at radius 1 is 0.468 bits per heavy atom. The lowest BCUT2D eigenvalue weighted by atomic mass is 9.49. The van der Waals surface area contributed by atoms with Gasteiger partial charge in [0.2, 0.25) is 0 Å². The van der Waals surface area contributed by atoms with Gasteiger partial charge in [0, 0.05) is 22.1 Å². The Morgan fingerprint density at radius 3 is 1.66 bits per heavy atom. The fourth-order valence-electron chi connectivity index (χ4n) is 9.65. The van der Waals surface area contributed by atoms with E-state index >= 15 is 0 Å². The van der Waals surface area contributed by atoms with Gasteiger partial charge in [-0.25, -0.2) is 15.0 Å². The summed E-state index contributed by atoms with van der Waals surface area (Å²) in [5.74, 6) is 5.10. The van der Waals surface area contributed by atoms with Crippen LogP contribution in [0.1, 0.15) is 50.7 Å². The van der Waals surface area contributed by atoms with Gasteiger partial charge in [0.15, 0.2) is 17.5 Å². The molecule has 0 saturated heterocycles. The lowest BCUT2D eigenvalue weighted by molar-refractivity contribution is 0.0426. The second-order valence-electron chi connectivity index (χ2n) is 14.3. The first-order valence-corrected chi connectivity index (χ1v) is 17.3. The Hall–Kier alpha value is -4.89. The van der Waals surface area contributed by atoms with Crippen molar-refractivity contribution in [3.63, 3.8) is 0 Å². The van der Waals surface area contributed by atoms with Crippen molar-refractivity contribution in [1.82, 2.24) is 15.0 Å². The monoisotopic (exact) mass is 609 g/mol. The van der Waals surface area contributed by atoms with Crippen molar-refractivity contribution in [1.29, 1.82) is 0 Å². The quantitative estimate of drug-likeness (QED) is 0.200. The molecule has 3 aliphatic carbocycles. The topological polar surface area (TPSA) is 38.7 Å². The van der Waals surface area contributed by atoms with Gasteiger partial charge >= 0.3 is 0 Å². The number of fused-ring (bicyclic) bond motifs is 8. The minimum Gasteiger partial charge on any atom is -0.208 e. The van der Waals surface area contributed by atoms with Crippen molar-refractivity contribution in [3.8, 4) is 56.4 Å². The van der Waals surface area contributed by atoms with Crippen molar-refractivity contribution in [2.24, 2.45) is 23.7 Å². The molecule has 2 saturated carbocycles. The summed E-state index contributed by atoms with van der Waals surface area (Å²) in [6.07, 6.45) is 5.46. The number of benzene rings is 5. The summed E-state index contributed by atoms with van der Waals surface area (Å²) in [6.45, 7) is 5.03. The summed E-state index contributed by atoms with van der Waals surface area (Å²) in [5, 5.41) is 0. The lowest BCUT2D eigenvalue weighted by Crippen LogP contribution is -2.49. The molecule has 230 valence electrons. The standard InChI is InChI=1S/C44H39N3/c1-28-23-30-25-29(2)44(36(24-28)26-30)39-16-10-9-15-37(39)38-27-35(21-22-40(38)44)31-17-19-34(20-18-31)43-46-41(32-11-5-3-6-12-32)45-42(47-43)33-13-7-4-8-14-33/h3-22,27-30,36H,23-26H2,1-2H3. The molecule has 0 amide bonds. The van der Waals surface area contributed by atoms with Crippen LogP contribution in [0.15, 0.2) is 127 Å². The highest BCUT2D eigenvalue weighted by atomic mass is 15.0. The van der Waals surface area contributed by atoms with Crippen LogP contribution in [0.25, 0.3) is 56.4 Å². The van der Waals surface area contributed by atoms with Crippen LogP contribution in [0.4, 0.5) is 0 Å². The minimum atomic E-state index is 0.130. The van der Waals surface area contributed by atoms with Crippen LogP contribution >= 0.6 is 0 Å². The summed E-state index contributed by atoms with van der Waals surface area (Å²) < 4.78 is 0. The van der Waals surface area contributed by atoms with Crippen molar-refractivity contribution in [2.75, 3.05) is 0 Å². The molecular formula is C44H39N3. The molecular weight excluding hydrogens is 571 g/mol. The maximum atomic E-state index is 4.94. The molecule has 0 radical (unpaired) electrons. The number of hydrogen-bond donors (Lipinski definition) is 0. The van der Waals surface area contributed by atoms with E-state index in [0.717, 1.165) is 34.4 Å². The Bertz CT molecular complexity index is 2020. The highest BCUT2D eigenvalue weighted by Crippen LogP contribution is 2.64. The van der Waals surface area contributed by atoms with Crippen LogP contribution < -0.4 is 0 Å². The molecule has 47 heavy (non-hydrogen) atoms. The third-order valence-corrected chi connectivity index (χ3v) is 11.5. The van der Waals surface area contributed by atoms with Crippen LogP contribution in [-0.2, 0) is 5.41 Å². The molecule has 3 nitrogen and oxygen atoms in total. The summed E-state index contributed by atoms with van der Waals surface area (Å²) in [5.41, 5.74) is 11.5. The summed E-state index contributed by atoms with van der Waals surface area (Å²) in [4.78, 5) is 14.7. The molecule has 3 aliphatic rings. The zero-order chi connectivity index (χ0) is 31.5. The fourth-order valence-corrected chi connectivity index (χ4v) is 9.65. The van der Waals surface area contributed by atoms with E-state index in [4.69, 9.17) is 15.0 Å². The average molecular weight is 610 g/mol. The van der Waals surface area contributed by atoms with Crippen molar-refractivity contribution >= 4 is 0 Å². The molecule has 6 aromatic rings. The molecule has 0 N–H and O–H groups in total. The zero-order valence-electron chi connectivity index (χ0n) is 27.1. The molecule has 5 unspecified atom stereocenters. The fraction of sp³-hybridized carbons (Fsp3) is 0.250. The van der Waals surface area contributed by atoms with E-state index in [1.54, 1.807) is 11.1 Å². The maximum Gasteiger partial charge on any atom is 0.164 e. The average Bonchev–Trinajstić information content (AvgIpc) is 3.42. The highest BCUT2D eigenvalue weighted by molar-refractivity contribution is 5.85. The molecule has 1 aromatic heterocycles. The molecule has 5 aromatic carbocycles. The first-order valence-electron chi connectivity index (χ1n) is 17.3. The third kappa shape index (κ3) is 4.58. The second kappa shape index (κ2) is 11.1. The summed E-state index contributed by atoms with van der Waals surface area (Å²) >= 11 is 0. The lowest BCUT2D eigenvalue weighted by Gasteiger charge is -2.54. The first kappa shape index (κ1) is 28.3. The molecule has 2 fully saturated rings. The Balaban J connectivity index is 1.11. The van der Waals surface area contributed by atoms with Crippen LogP contribution in [-0.4, -0.2) is 15.0 Å². The third-order valence-electron chi connectivity index (χ3n) is 11.5. The SMILES string of the molecule is CC1CC2CC(C)C3(c4ccccc4-c4cc(-c5ccc(-c6nc(-c7ccccc7)nc(-c7ccccc7)n6)cc5)ccc43)C(C1)C2. The van der Waals surface area contributed by atoms with E-state index in [1.807, 2.05) is 60.7 Å². The summed E-state index contributed by atoms with van der Waals surface area (Å²) in [6, 6.07) is 45.7. The van der Waals surface area contributed by atoms with Gasteiger partial charge in [0.05, 0.1) is 0 Å². The predicted molar refractivity (Wildman–Crippen MR) is 192 cm³/mol. The number of aromatic nitrogens is 3. The molecule has 1 heterocycles. The van der Waals surface area contributed by atoms with Gasteiger partial charge in [-0.2, -0.15) is 0 Å². The van der Waals surface area contributed by atoms with Gasteiger partial charge in [-0.3, -0.25) is 0 Å². The van der Waals surface area contributed by atoms with Crippen LogP contribution in [0.2, 0.25) is 0 Å². The Labute approximate surface area is 277 Å². The van der Waals surface area contributed by atoms with E-state index in [1.165, 1.54) is 47.9 Å². The molecule has 3 heteroatoms. The van der Waals surface area contributed by atoms with Gasteiger partial charge in [0.1, 0.15) is 0 Å². The molecule has 9 rings (SSSR count). The van der Waals surface area contributed by atoms with Gasteiger partial charge < -0.3 is 0 Å². The Morgan fingerprint density at radius 2 is 1.00 bits per heavy atom. The number of rotatable bonds is 4. The van der Waals surface area contributed by atoms with E-state index < -0.39 is 0 Å². The normalized spacial score (nSPS) is 24.1. The van der Waals surface area contributed by atoms with E-state index in [2.05, 4.69) is 80.6 Å². The molecule has 0 aliphatic heterocycles. The van der Waals surface area contributed by atoms with Crippen LogP contribution in [0.5, 0.6) is 0 Å². The smallest absolute Gasteiger partial charge is 0.164 e. The minimum absolute atomic E-state index is 0.130. The molecule has 5 atom stereocenters. The number of hydrogen-bond acceptors (Lipinski definition) is 3. The molecule has 2 bridgehead atoms. The number of nitrogens with zero attached hydrogens (tertiary/aromatic N) is 3. The Kier molecular flexibility index (Phi) is 6.71. The van der Waals surface area contributed by atoms with Crippen molar-refractivity contribution < 1.29 is 0 Å². The van der Waals surface area contributed by atoms with E-state index in [0.29, 0.717) is 23.4 Å². The molecule has 1 spiro atoms. The van der Waals surface area contributed by atoms with Gasteiger partial charge in [-0.1, -0.05) is 135 Å².